The molecule has 6 nitrogen and oxygen atoms in total. The van der Waals surface area contributed by atoms with Gasteiger partial charge >= 0.3 is 0 Å². The van der Waals surface area contributed by atoms with Gasteiger partial charge in [0.05, 0.1) is 17.3 Å². The first-order valence-electron chi connectivity index (χ1n) is 7.72. The standard InChI is InChI=1S/C18H20ClN3O3/c1-10-16(12(3)23)11(2)20-17(10)18(25)22(4)9-15(24)21-14-8-6-5-7-13(14)19/h5-8,20H,9H2,1-4H3,(H,21,24). The number of aryl methyl sites for hydroxylation is 1. The van der Waals surface area contributed by atoms with E-state index in [1.807, 2.05) is 0 Å². The highest BCUT2D eigenvalue weighted by molar-refractivity contribution is 6.33. The van der Waals surface area contributed by atoms with Gasteiger partial charge in [0.25, 0.3) is 5.91 Å². The molecule has 0 aliphatic carbocycles. The van der Waals surface area contributed by atoms with Crippen LogP contribution in [0.15, 0.2) is 24.3 Å². The van der Waals surface area contributed by atoms with Crippen LogP contribution in [0.1, 0.15) is 39.0 Å². The molecule has 0 radical (unpaired) electrons. The molecule has 1 aromatic heterocycles. The number of hydrogen-bond donors (Lipinski definition) is 2. The minimum Gasteiger partial charge on any atom is -0.354 e. The number of amides is 2. The second-order valence-electron chi connectivity index (χ2n) is 5.87. The zero-order chi connectivity index (χ0) is 18.7. The summed E-state index contributed by atoms with van der Waals surface area (Å²) in [7, 11) is 1.53. The van der Waals surface area contributed by atoms with Crippen molar-refractivity contribution in [2.45, 2.75) is 20.8 Å². The molecule has 0 unspecified atom stereocenters. The van der Waals surface area contributed by atoms with Gasteiger partial charge in [0.1, 0.15) is 5.69 Å². The molecule has 1 heterocycles. The smallest absolute Gasteiger partial charge is 0.270 e. The third-order valence-electron chi connectivity index (χ3n) is 3.88. The van der Waals surface area contributed by atoms with Crippen molar-refractivity contribution in [3.63, 3.8) is 0 Å². The number of carbonyl (C=O) groups is 3. The number of ketones is 1. The number of hydrogen-bond acceptors (Lipinski definition) is 3. The van der Waals surface area contributed by atoms with Crippen molar-refractivity contribution < 1.29 is 14.4 Å². The molecule has 132 valence electrons. The van der Waals surface area contributed by atoms with Crippen LogP contribution in [0.2, 0.25) is 5.02 Å². The van der Waals surface area contributed by atoms with Crippen molar-refractivity contribution in [2.75, 3.05) is 18.9 Å². The topological polar surface area (TPSA) is 82.3 Å². The number of carbonyl (C=O) groups excluding carboxylic acids is 3. The molecular weight excluding hydrogens is 342 g/mol. The highest BCUT2D eigenvalue weighted by atomic mass is 35.5. The summed E-state index contributed by atoms with van der Waals surface area (Å²) in [6.07, 6.45) is 0. The summed E-state index contributed by atoms with van der Waals surface area (Å²) in [6.45, 7) is 4.77. The van der Waals surface area contributed by atoms with Gasteiger partial charge < -0.3 is 15.2 Å². The minimum atomic E-state index is -0.364. The Hall–Kier alpha value is -2.60. The normalized spacial score (nSPS) is 10.4. The molecule has 0 aliphatic heterocycles. The SMILES string of the molecule is CC(=O)c1c(C)[nH]c(C(=O)N(C)CC(=O)Nc2ccccc2Cl)c1C. The fourth-order valence-corrected chi connectivity index (χ4v) is 2.91. The van der Waals surface area contributed by atoms with E-state index in [9.17, 15) is 14.4 Å². The van der Waals surface area contributed by atoms with Gasteiger partial charge in [0.2, 0.25) is 5.91 Å². The summed E-state index contributed by atoms with van der Waals surface area (Å²) in [4.78, 5) is 40.6. The monoisotopic (exact) mass is 361 g/mol. The Bertz CT molecular complexity index is 842. The number of Topliss-reactive ketones (excluding diaryl/α,β-unsaturated/α-hetero) is 1. The van der Waals surface area contributed by atoms with E-state index in [4.69, 9.17) is 11.6 Å². The number of aromatic nitrogens is 1. The molecule has 0 atom stereocenters. The van der Waals surface area contributed by atoms with E-state index in [1.165, 1.54) is 18.9 Å². The van der Waals surface area contributed by atoms with Gasteiger partial charge in [-0.15, -0.1) is 0 Å². The molecule has 25 heavy (non-hydrogen) atoms. The first kappa shape index (κ1) is 18.7. The lowest BCUT2D eigenvalue weighted by molar-refractivity contribution is -0.116. The summed E-state index contributed by atoms with van der Waals surface area (Å²) in [5, 5.41) is 3.09. The summed E-state index contributed by atoms with van der Waals surface area (Å²) in [6, 6.07) is 6.86. The van der Waals surface area contributed by atoms with E-state index in [2.05, 4.69) is 10.3 Å². The Morgan fingerprint density at radius 1 is 1.20 bits per heavy atom. The predicted molar refractivity (Wildman–Crippen MR) is 97.3 cm³/mol. The minimum absolute atomic E-state index is 0.107. The van der Waals surface area contributed by atoms with Gasteiger partial charge in [-0.2, -0.15) is 0 Å². The van der Waals surface area contributed by atoms with Crippen LogP contribution in [0.25, 0.3) is 0 Å². The van der Waals surface area contributed by atoms with E-state index in [1.54, 1.807) is 38.1 Å². The lowest BCUT2D eigenvalue weighted by Gasteiger charge is -2.17. The Morgan fingerprint density at radius 2 is 1.84 bits per heavy atom. The summed E-state index contributed by atoms with van der Waals surface area (Å²) >= 11 is 6.00. The van der Waals surface area contributed by atoms with Crippen LogP contribution < -0.4 is 5.32 Å². The van der Waals surface area contributed by atoms with Gasteiger partial charge in [-0.3, -0.25) is 14.4 Å². The van der Waals surface area contributed by atoms with Gasteiger partial charge in [0.15, 0.2) is 5.78 Å². The average Bonchev–Trinajstić information content (AvgIpc) is 2.83. The molecule has 2 amide bonds. The van der Waals surface area contributed by atoms with Gasteiger partial charge in [-0.1, -0.05) is 23.7 Å². The molecule has 2 aromatic rings. The third-order valence-corrected chi connectivity index (χ3v) is 4.21. The fourth-order valence-electron chi connectivity index (χ4n) is 2.72. The first-order chi connectivity index (χ1) is 11.7. The van der Waals surface area contributed by atoms with E-state index in [0.29, 0.717) is 33.2 Å². The van der Waals surface area contributed by atoms with E-state index in [-0.39, 0.29) is 24.1 Å². The zero-order valence-corrected chi connectivity index (χ0v) is 15.3. The van der Waals surface area contributed by atoms with Crippen LogP contribution in [0.5, 0.6) is 0 Å². The summed E-state index contributed by atoms with van der Waals surface area (Å²) < 4.78 is 0. The second-order valence-corrected chi connectivity index (χ2v) is 6.28. The largest absolute Gasteiger partial charge is 0.354 e. The van der Waals surface area contributed by atoms with Crippen LogP contribution in [0, 0.1) is 13.8 Å². The Kier molecular flexibility index (Phi) is 5.64. The molecule has 0 aliphatic rings. The average molecular weight is 362 g/mol. The van der Waals surface area contributed by atoms with Gasteiger partial charge in [0, 0.05) is 18.3 Å². The molecule has 0 fully saturated rings. The van der Waals surface area contributed by atoms with Crippen molar-refractivity contribution in [3.05, 3.63) is 51.8 Å². The van der Waals surface area contributed by atoms with Crippen LogP contribution in [-0.2, 0) is 4.79 Å². The number of rotatable bonds is 5. The molecule has 0 spiro atoms. The maximum atomic E-state index is 12.6. The Labute approximate surface area is 151 Å². The number of aromatic amines is 1. The van der Waals surface area contributed by atoms with Crippen molar-refractivity contribution in [1.82, 2.24) is 9.88 Å². The van der Waals surface area contributed by atoms with Crippen LogP contribution >= 0.6 is 11.6 Å². The van der Waals surface area contributed by atoms with Gasteiger partial charge in [-0.05, 0) is 38.5 Å². The number of nitrogens with one attached hydrogen (secondary N) is 2. The molecule has 0 bridgehead atoms. The zero-order valence-electron chi connectivity index (χ0n) is 14.6. The molecular formula is C18H20ClN3O3. The number of likely N-dealkylation sites (N-methyl/N-ethyl adjacent to an activating group) is 1. The molecule has 0 saturated heterocycles. The number of nitrogens with zero attached hydrogens (tertiary/aromatic N) is 1. The van der Waals surface area contributed by atoms with E-state index >= 15 is 0 Å². The second kappa shape index (κ2) is 7.53. The highest BCUT2D eigenvalue weighted by Crippen LogP contribution is 2.21. The molecule has 7 heteroatoms. The van der Waals surface area contributed by atoms with Crippen molar-refractivity contribution in [2.24, 2.45) is 0 Å². The maximum Gasteiger partial charge on any atom is 0.270 e. The van der Waals surface area contributed by atoms with Crippen LogP contribution in [0.4, 0.5) is 5.69 Å². The fraction of sp³-hybridized carbons (Fsp3) is 0.278. The van der Waals surface area contributed by atoms with E-state index in [0.717, 1.165) is 0 Å². The van der Waals surface area contributed by atoms with Crippen molar-refractivity contribution in [3.8, 4) is 0 Å². The molecule has 2 N–H and O–H groups in total. The summed E-state index contributed by atoms with van der Waals surface area (Å²) in [5.41, 5.74) is 2.55. The molecule has 1 aromatic carbocycles. The molecule has 0 saturated carbocycles. The number of para-hydroxylation sites is 1. The highest BCUT2D eigenvalue weighted by Gasteiger charge is 2.23. The summed E-state index contributed by atoms with van der Waals surface area (Å²) in [5.74, 6) is -0.830. The maximum absolute atomic E-state index is 12.6. The number of H-pyrrole nitrogens is 1. The number of halogens is 1. The lowest BCUT2D eigenvalue weighted by atomic mass is 10.1. The molecule has 2 rings (SSSR count). The number of benzene rings is 1. The van der Waals surface area contributed by atoms with Crippen LogP contribution in [0.3, 0.4) is 0 Å². The predicted octanol–water partition coefficient (Wildman–Crippen LogP) is 3.20. The van der Waals surface area contributed by atoms with Crippen molar-refractivity contribution >= 4 is 34.9 Å². The first-order valence-corrected chi connectivity index (χ1v) is 8.10. The quantitative estimate of drug-likeness (QED) is 0.802. The lowest BCUT2D eigenvalue weighted by Crippen LogP contribution is -2.35. The van der Waals surface area contributed by atoms with Crippen molar-refractivity contribution in [1.29, 1.82) is 0 Å². The Balaban J connectivity index is 2.10. The third kappa shape index (κ3) is 4.09. The number of anilines is 1. The van der Waals surface area contributed by atoms with Gasteiger partial charge in [-0.25, -0.2) is 0 Å². The van der Waals surface area contributed by atoms with E-state index < -0.39 is 0 Å². The Morgan fingerprint density at radius 3 is 2.40 bits per heavy atom. The van der Waals surface area contributed by atoms with Crippen LogP contribution in [-0.4, -0.2) is 41.1 Å².